The molecule has 0 spiro atoms. The zero-order chi connectivity index (χ0) is 15.4. The molecule has 0 atom stereocenters. The number of aromatic nitrogens is 1. The number of ether oxygens (including phenoxy) is 2. The molecule has 1 aromatic heterocycles. The van der Waals surface area contributed by atoms with Crippen molar-refractivity contribution in [1.82, 2.24) is 10.3 Å². The van der Waals surface area contributed by atoms with E-state index >= 15 is 0 Å². The third-order valence-electron chi connectivity index (χ3n) is 3.51. The minimum absolute atomic E-state index is 0.108. The first-order chi connectivity index (χ1) is 10.8. The summed E-state index contributed by atoms with van der Waals surface area (Å²) in [6.07, 6.45) is 3.65. The molecule has 1 fully saturated rings. The number of methoxy groups -OCH3 is 1. The second-order valence-electron chi connectivity index (χ2n) is 5.24. The maximum absolute atomic E-state index is 11.7. The molecule has 2 aromatic rings. The maximum Gasteiger partial charge on any atom is 0.224 e. The lowest BCUT2D eigenvalue weighted by Crippen LogP contribution is -2.24. The van der Waals surface area contributed by atoms with Gasteiger partial charge in [-0.3, -0.25) is 4.79 Å². The molecule has 0 saturated heterocycles. The number of pyridine rings is 1. The van der Waals surface area contributed by atoms with Gasteiger partial charge in [-0.2, -0.15) is 0 Å². The van der Waals surface area contributed by atoms with Crippen molar-refractivity contribution in [3.8, 4) is 17.4 Å². The molecule has 1 aromatic carbocycles. The van der Waals surface area contributed by atoms with Gasteiger partial charge in [-0.25, -0.2) is 4.98 Å². The van der Waals surface area contributed by atoms with Crippen molar-refractivity contribution < 1.29 is 14.3 Å². The van der Waals surface area contributed by atoms with Gasteiger partial charge in [0.05, 0.1) is 7.11 Å². The van der Waals surface area contributed by atoms with E-state index in [1.807, 2.05) is 30.3 Å². The lowest BCUT2D eigenvalue weighted by Gasteiger charge is -2.11. The van der Waals surface area contributed by atoms with Crippen LogP contribution in [0.1, 0.15) is 18.4 Å². The van der Waals surface area contributed by atoms with E-state index in [9.17, 15) is 4.79 Å². The van der Waals surface area contributed by atoms with Gasteiger partial charge >= 0.3 is 0 Å². The Kier molecular flexibility index (Phi) is 4.23. The predicted molar refractivity (Wildman–Crippen MR) is 81.9 cm³/mol. The Bertz CT molecular complexity index is 668. The van der Waals surface area contributed by atoms with Gasteiger partial charge in [-0.05, 0) is 31.0 Å². The highest BCUT2D eigenvalue weighted by Gasteiger charge is 2.29. The number of carbonyl (C=O) groups excluding carboxylic acids is 1. The lowest BCUT2D eigenvalue weighted by atomic mass is 10.2. The highest BCUT2D eigenvalue weighted by molar-refractivity contribution is 5.80. The van der Waals surface area contributed by atoms with E-state index in [4.69, 9.17) is 9.47 Å². The first-order valence-corrected chi connectivity index (χ1v) is 7.30. The topological polar surface area (TPSA) is 60.5 Å². The second-order valence-corrected chi connectivity index (χ2v) is 5.24. The molecule has 5 nitrogen and oxygen atoms in total. The molecular weight excluding hydrogens is 280 g/mol. The fraction of sp³-hybridized carbons (Fsp3) is 0.294. The summed E-state index contributed by atoms with van der Waals surface area (Å²) in [5, 5.41) is 2.93. The molecule has 5 heteroatoms. The van der Waals surface area contributed by atoms with E-state index < -0.39 is 0 Å². The molecule has 1 aliphatic rings. The predicted octanol–water partition coefficient (Wildman–Crippen LogP) is 2.91. The molecule has 114 valence electrons. The zero-order valence-electron chi connectivity index (χ0n) is 12.4. The summed E-state index contributed by atoms with van der Waals surface area (Å²) in [6, 6.07) is 11.1. The smallest absolute Gasteiger partial charge is 0.224 e. The zero-order valence-corrected chi connectivity index (χ0v) is 12.4. The van der Waals surface area contributed by atoms with E-state index in [0.29, 0.717) is 18.2 Å². The largest absolute Gasteiger partial charge is 0.497 e. The third-order valence-corrected chi connectivity index (χ3v) is 3.51. The number of amides is 1. The number of carbonyl (C=O) groups is 1. The van der Waals surface area contributed by atoms with Crippen LogP contribution in [0.4, 0.5) is 0 Å². The Morgan fingerprint density at radius 1 is 1.27 bits per heavy atom. The molecule has 0 unspecified atom stereocenters. The molecule has 0 bridgehead atoms. The number of hydrogen-bond acceptors (Lipinski definition) is 4. The molecule has 3 rings (SSSR count). The molecule has 1 aliphatic carbocycles. The van der Waals surface area contributed by atoms with Crippen molar-refractivity contribution in [3.05, 3.63) is 48.2 Å². The Morgan fingerprint density at radius 2 is 2.09 bits per heavy atom. The van der Waals surface area contributed by atoms with E-state index in [1.165, 1.54) is 0 Å². The average molecular weight is 298 g/mol. The van der Waals surface area contributed by atoms with Crippen LogP contribution in [0.2, 0.25) is 0 Å². The van der Waals surface area contributed by atoms with Crippen molar-refractivity contribution in [2.24, 2.45) is 5.92 Å². The van der Waals surface area contributed by atoms with Gasteiger partial charge in [0.15, 0.2) is 0 Å². The Hall–Kier alpha value is -2.56. The summed E-state index contributed by atoms with van der Waals surface area (Å²) >= 11 is 0. The second kappa shape index (κ2) is 6.47. The van der Waals surface area contributed by atoms with Crippen LogP contribution in [0.5, 0.6) is 17.4 Å². The number of benzene rings is 1. The van der Waals surface area contributed by atoms with Crippen LogP contribution in [-0.4, -0.2) is 18.0 Å². The van der Waals surface area contributed by atoms with Crippen molar-refractivity contribution in [2.45, 2.75) is 19.4 Å². The van der Waals surface area contributed by atoms with Crippen molar-refractivity contribution in [2.75, 3.05) is 7.11 Å². The molecular formula is C17H18N2O3. The van der Waals surface area contributed by atoms with Crippen LogP contribution in [0.25, 0.3) is 0 Å². The molecule has 1 heterocycles. The number of nitrogens with zero attached hydrogens (tertiary/aromatic N) is 1. The third kappa shape index (κ3) is 3.55. The van der Waals surface area contributed by atoms with Crippen LogP contribution in [0, 0.1) is 5.92 Å². The highest BCUT2D eigenvalue weighted by Crippen LogP contribution is 2.29. The SMILES string of the molecule is COc1cccc(Oc2ncccc2CNC(=O)C2CC2)c1. The van der Waals surface area contributed by atoms with Gasteiger partial charge in [-0.15, -0.1) is 0 Å². The number of hydrogen-bond donors (Lipinski definition) is 1. The summed E-state index contributed by atoms with van der Waals surface area (Å²) in [5.74, 6) is 2.16. The van der Waals surface area contributed by atoms with Crippen molar-refractivity contribution in [3.63, 3.8) is 0 Å². The van der Waals surface area contributed by atoms with Crippen LogP contribution >= 0.6 is 0 Å². The molecule has 1 amide bonds. The summed E-state index contributed by atoms with van der Waals surface area (Å²) in [5.41, 5.74) is 0.847. The van der Waals surface area contributed by atoms with Crippen LogP contribution < -0.4 is 14.8 Å². The molecule has 1 N–H and O–H groups in total. The van der Waals surface area contributed by atoms with Gasteiger partial charge in [0, 0.05) is 30.3 Å². The first-order valence-electron chi connectivity index (χ1n) is 7.30. The normalized spacial score (nSPS) is 13.5. The molecule has 22 heavy (non-hydrogen) atoms. The van der Waals surface area contributed by atoms with Crippen LogP contribution in [0.15, 0.2) is 42.6 Å². The summed E-state index contributed by atoms with van der Waals surface area (Å²) in [4.78, 5) is 16.0. The number of nitrogens with one attached hydrogen (secondary N) is 1. The van der Waals surface area contributed by atoms with E-state index in [1.54, 1.807) is 19.4 Å². The fourth-order valence-corrected chi connectivity index (χ4v) is 2.10. The van der Waals surface area contributed by atoms with Gasteiger partial charge in [0.1, 0.15) is 11.5 Å². The maximum atomic E-state index is 11.7. The van der Waals surface area contributed by atoms with E-state index in [2.05, 4.69) is 10.3 Å². The van der Waals surface area contributed by atoms with Crippen molar-refractivity contribution >= 4 is 5.91 Å². The fourth-order valence-electron chi connectivity index (χ4n) is 2.10. The van der Waals surface area contributed by atoms with E-state index in [0.717, 1.165) is 24.2 Å². The lowest BCUT2D eigenvalue weighted by molar-refractivity contribution is -0.122. The highest BCUT2D eigenvalue weighted by atomic mass is 16.5. The van der Waals surface area contributed by atoms with Gasteiger partial charge in [-0.1, -0.05) is 12.1 Å². The van der Waals surface area contributed by atoms with Crippen LogP contribution in [0.3, 0.4) is 0 Å². The molecule has 0 radical (unpaired) electrons. The first kappa shape index (κ1) is 14.4. The monoisotopic (exact) mass is 298 g/mol. The van der Waals surface area contributed by atoms with Gasteiger partial charge in [0.2, 0.25) is 11.8 Å². The minimum Gasteiger partial charge on any atom is -0.497 e. The summed E-state index contributed by atoms with van der Waals surface area (Å²) in [6.45, 7) is 0.419. The summed E-state index contributed by atoms with van der Waals surface area (Å²) in [7, 11) is 1.61. The number of rotatable bonds is 6. The van der Waals surface area contributed by atoms with E-state index in [-0.39, 0.29) is 11.8 Å². The van der Waals surface area contributed by atoms with Gasteiger partial charge in [0.25, 0.3) is 0 Å². The summed E-state index contributed by atoms with van der Waals surface area (Å²) < 4.78 is 11.0. The average Bonchev–Trinajstić information content (AvgIpc) is 3.39. The minimum atomic E-state index is 0.108. The Labute approximate surface area is 129 Å². The molecule has 1 saturated carbocycles. The Morgan fingerprint density at radius 3 is 2.86 bits per heavy atom. The molecule has 0 aliphatic heterocycles. The standard InChI is InChI=1S/C17H18N2O3/c1-21-14-5-2-6-15(10-14)22-17-13(4-3-9-18-17)11-19-16(20)12-7-8-12/h2-6,9-10,12H,7-8,11H2,1H3,(H,19,20). The van der Waals surface area contributed by atoms with Gasteiger partial charge < -0.3 is 14.8 Å². The van der Waals surface area contributed by atoms with Crippen LogP contribution in [-0.2, 0) is 11.3 Å². The van der Waals surface area contributed by atoms with Crippen molar-refractivity contribution in [1.29, 1.82) is 0 Å². The Balaban J connectivity index is 1.71. The quantitative estimate of drug-likeness (QED) is 0.890.